The van der Waals surface area contributed by atoms with Gasteiger partial charge in [0.2, 0.25) is 0 Å². The molecule has 0 aliphatic heterocycles. The Bertz CT molecular complexity index is 771. The Kier molecular flexibility index (Phi) is 16.8. The fraction of sp³-hybridized carbons (Fsp3) is 0.750. The van der Waals surface area contributed by atoms with Crippen LogP contribution in [0, 0.1) is 0 Å². The van der Waals surface area contributed by atoms with Crippen LogP contribution in [0.1, 0.15) is 124 Å². The van der Waals surface area contributed by atoms with Gasteiger partial charge in [0.05, 0.1) is 0 Å². The summed E-state index contributed by atoms with van der Waals surface area (Å²) >= 11 is -3.12. The van der Waals surface area contributed by atoms with E-state index in [1.54, 1.807) is 12.0 Å². The molecular formula is C32H57NO4Sn. The van der Waals surface area contributed by atoms with E-state index < -0.39 is 36.2 Å². The molecular weight excluding hydrogens is 581 g/mol. The number of ether oxygens (including phenoxy) is 2. The molecule has 0 aliphatic rings. The van der Waals surface area contributed by atoms with E-state index >= 15 is 0 Å². The van der Waals surface area contributed by atoms with Gasteiger partial charge in [-0.25, -0.2) is 0 Å². The summed E-state index contributed by atoms with van der Waals surface area (Å²) in [5, 5.41) is 0. The molecule has 1 rings (SSSR count). The van der Waals surface area contributed by atoms with E-state index in [0.29, 0.717) is 0 Å². The van der Waals surface area contributed by atoms with Crippen molar-refractivity contribution in [2.24, 2.45) is 0 Å². The van der Waals surface area contributed by atoms with Crippen molar-refractivity contribution < 1.29 is 19.1 Å². The number of hydrogen-bond acceptors (Lipinski definition) is 4. The summed E-state index contributed by atoms with van der Waals surface area (Å²) in [6, 6.07) is 9.58. The first-order valence-electron chi connectivity index (χ1n) is 15.2. The van der Waals surface area contributed by atoms with E-state index in [1.807, 2.05) is 51.1 Å². The number of nitrogens with zero attached hydrogens (tertiary/aromatic N) is 1. The SMILES string of the molecule is CCCCC[C@H](N(C(=O)OC(C)(C)C)C(=O)[C@@H](OC)c1ccccc1)[Sn]([CH2]CCC)([CH2]CCC)[CH2]CCC. The summed E-state index contributed by atoms with van der Waals surface area (Å²) in [4.78, 5) is 30.1. The molecule has 0 aromatic heterocycles. The van der Waals surface area contributed by atoms with E-state index in [1.165, 1.54) is 32.6 Å². The van der Waals surface area contributed by atoms with Crippen LogP contribution in [-0.4, -0.2) is 52.0 Å². The van der Waals surface area contributed by atoms with E-state index in [4.69, 9.17) is 9.47 Å². The second kappa shape index (κ2) is 18.3. The minimum atomic E-state index is -3.12. The van der Waals surface area contributed by atoms with Crippen LogP contribution in [0.3, 0.4) is 0 Å². The Labute approximate surface area is 238 Å². The number of amides is 2. The molecule has 0 unspecified atom stereocenters. The Balaban J connectivity index is 3.78. The molecule has 5 nitrogen and oxygen atoms in total. The summed E-state index contributed by atoms with van der Waals surface area (Å²) in [7, 11) is 1.57. The van der Waals surface area contributed by atoms with Crippen LogP contribution in [0.25, 0.3) is 0 Å². The van der Waals surface area contributed by atoms with Gasteiger partial charge in [-0.3, -0.25) is 0 Å². The maximum absolute atomic E-state index is 14.5. The van der Waals surface area contributed by atoms with Crippen LogP contribution in [0.2, 0.25) is 13.3 Å². The number of imide groups is 1. The van der Waals surface area contributed by atoms with Crippen LogP contribution in [0.5, 0.6) is 0 Å². The van der Waals surface area contributed by atoms with E-state index in [9.17, 15) is 9.59 Å². The molecule has 2 amide bonds. The van der Waals surface area contributed by atoms with Crippen LogP contribution >= 0.6 is 0 Å². The van der Waals surface area contributed by atoms with Gasteiger partial charge in [0.1, 0.15) is 0 Å². The van der Waals surface area contributed by atoms with Crippen molar-refractivity contribution >= 4 is 30.4 Å². The van der Waals surface area contributed by atoms with Gasteiger partial charge in [-0.2, -0.15) is 0 Å². The van der Waals surface area contributed by atoms with Gasteiger partial charge in [0.25, 0.3) is 0 Å². The minimum absolute atomic E-state index is 0.0239. The zero-order chi connectivity index (χ0) is 28.6. The molecule has 38 heavy (non-hydrogen) atoms. The van der Waals surface area contributed by atoms with Crippen LogP contribution in [0.15, 0.2) is 30.3 Å². The van der Waals surface area contributed by atoms with Gasteiger partial charge in [-0.05, 0) is 0 Å². The van der Waals surface area contributed by atoms with Crippen molar-refractivity contribution in [3.8, 4) is 0 Å². The molecule has 1 aromatic carbocycles. The zero-order valence-electron chi connectivity index (χ0n) is 25.8. The van der Waals surface area contributed by atoms with Crippen molar-refractivity contribution in [3.05, 3.63) is 35.9 Å². The maximum atomic E-state index is 14.5. The summed E-state index contributed by atoms with van der Waals surface area (Å²) in [6.45, 7) is 14.6. The number of carbonyl (C=O) groups excluding carboxylic acids is 2. The molecule has 0 N–H and O–H groups in total. The molecule has 0 bridgehead atoms. The van der Waals surface area contributed by atoms with Gasteiger partial charge < -0.3 is 0 Å². The van der Waals surface area contributed by atoms with Gasteiger partial charge in [-0.1, -0.05) is 0 Å². The molecule has 6 heteroatoms. The Morgan fingerprint density at radius 1 is 0.816 bits per heavy atom. The monoisotopic (exact) mass is 639 g/mol. The number of hydrogen-bond donors (Lipinski definition) is 0. The van der Waals surface area contributed by atoms with Crippen molar-refractivity contribution in [1.29, 1.82) is 0 Å². The summed E-state index contributed by atoms with van der Waals surface area (Å²) in [6.07, 6.45) is 9.77. The van der Waals surface area contributed by atoms with E-state index in [0.717, 1.165) is 50.5 Å². The zero-order valence-corrected chi connectivity index (χ0v) is 28.7. The summed E-state index contributed by atoms with van der Waals surface area (Å²) in [5.74, 6) is -0.264. The third-order valence-electron chi connectivity index (χ3n) is 7.57. The fourth-order valence-corrected chi connectivity index (χ4v) is 24.2. The molecule has 0 saturated heterocycles. The summed E-state index contributed by atoms with van der Waals surface area (Å²) in [5.41, 5.74) is 0.0881. The fourth-order valence-electron chi connectivity index (χ4n) is 5.57. The first kappa shape index (κ1) is 34.9. The first-order valence-corrected chi connectivity index (χ1v) is 22.9. The topological polar surface area (TPSA) is 55.8 Å². The molecule has 1 aromatic rings. The van der Waals surface area contributed by atoms with Crippen molar-refractivity contribution in [2.75, 3.05) is 7.11 Å². The molecule has 2 atom stereocenters. The van der Waals surface area contributed by atoms with Crippen LogP contribution < -0.4 is 0 Å². The molecule has 218 valence electrons. The molecule has 0 spiro atoms. The molecule has 0 fully saturated rings. The number of rotatable bonds is 18. The van der Waals surface area contributed by atoms with Crippen molar-refractivity contribution in [3.63, 3.8) is 0 Å². The van der Waals surface area contributed by atoms with Crippen LogP contribution in [0.4, 0.5) is 4.79 Å². The third kappa shape index (κ3) is 11.2. The Morgan fingerprint density at radius 3 is 1.74 bits per heavy atom. The average Bonchev–Trinajstić information content (AvgIpc) is 2.88. The predicted octanol–water partition coefficient (Wildman–Crippen LogP) is 9.48. The molecule has 0 radical (unpaired) electrons. The van der Waals surface area contributed by atoms with E-state index in [-0.39, 0.29) is 9.96 Å². The molecule has 0 heterocycles. The predicted molar refractivity (Wildman–Crippen MR) is 162 cm³/mol. The molecule has 0 saturated carbocycles. The second-order valence-corrected chi connectivity index (χ2v) is 25.9. The van der Waals surface area contributed by atoms with Gasteiger partial charge in [0.15, 0.2) is 0 Å². The van der Waals surface area contributed by atoms with Gasteiger partial charge >= 0.3 is 239 Å². The van der Waals surface area contributed by atoms with Crippen LogP contribution in [-0.2, 0) is 14.3 Å². The van der Waals surface area contributed by atoms with Crippen molar-refractivity contribution in [1.82, 2.24) is 4.90 Å². The first-order chi connectivity index (χ1) is 18.1. The number of carbonyl (C=O) groups is 2. The third-order valence-corrected chi connectivity index (χ3v) is 24.7. The second-order valence-electron chi connectivity index (χ2n) is 11.9. The average molecular weight is 639 g/mol. The van der Waals surface area contributed by atoms with Crippen molar-refractivity contribution in [2.45, 2.75) is 142 Å². The Morgan fingerprint density at radius 2 is 1.32 bits per heavy atom. The molecule has 0 aliphatic carbocycles. The quantitative estimate of drug-likeness (QED) is 0.119. The van der Waals surface area contributed by atoms with E-state index in [2.05, 4.69) is 27.7 Å². The number of methoxy groups -OCH3 is 1. The van der Waals surface area contributed by atoms with Gasteiger partial charge in [0, 0.05) is 0 Å². The normalized spacial score (nSPS) is 13.7. The summed E-state index contributed by atoms with van der Waals surface area (Å²) < 4.78 is 15.4. The Hall–Kier alpha value is -1.08. The number of unbranched alkanes of at least 4 members (excludes halogenated alkanes) is 5. The van der Waals surface area contributed by atoms with Gasteiger partial charge in [-0.15, -0.1) is 0 Å². The standard InChI is InChI=1S/C20H30NO4.3C4H9.Sn/c1-6-7-8-12-15-21(19(23)25-20(2,3)4)18(22)17(24-5)16-13-10-9-11-14-16;3*1-3-4-2;/h9-11,13-15,17H,6-8,12H2,1-5H3;3*1,3-4H2,2H3;/t17-;;;;/m0..../s1. The number of benzene rings is 1.